The number of amides is 1. The van der Waals surface area contributed by atoms with Gasteiger partial charge in [-0.1, -0.05) is 37.1 Å². The van der Waals surface area contributed by atoms with Gasteiger partial charge in [0.2, 0.25) is 5.91 Å². The van der Waals surface area contributed by atoms with E-state index in [0.717, 1.165) is 18.4 Å². The summed E-state index contributed by atoms with van der Waals surface area (Å²) in [5.74, 6) is -0.379. The first-order chi connectivity index (χ1) is 6.61. The molecule has 14 heavy (non-hydrogen) atoms. The molecular weight excluding hydrogens is 174 g/mol. The number of unbranched alkanes of at least 4 members (excludes halogenated alkanes) is 1. The number of hydrogen-bond donors (Lipinski definition) is 1. The first kappa shape index (κ1) is 12.7. The molecule has 1 amide bonds. The monoisotopic (exact) mass is 193 g/mol. The van der Waals surface area contributed by atoms with Gasteiger partial charge in [0.15, 0.2) is 0 Å². The van der Waals surface area contributed by atoms with Crippen LogP contribution in [0.4, 0.5) is 0 Å². The highest BCUT2D eigenvalue weighted by Gasteiger charge is 1.98. The minimum Gasteiger partial charge on any atom is -0.366 e. The van der Waals surface area contributed by atoms with E-state index in [1.165, 1.54) is 0 Å². The number of carbonyl (C=O) groups excluding carboxylic acids is 1. The van der Waals surface area contributed by atoms with Gasteiger partial charge in [0.25, 0.3) is 0 Å². The molecule has 0 saturated carbocycles. The van der Waals surface area contributed by atoms with Gasteiger partial charge in [0.1, 0.15) is 0 Å². The van der Waals surface area contributed by atoms with Gasteiger partial charge in [-0.15, -0.1) is 0 Å². The topological polar surface area (TPSA) is 43.1 Å². The minimum atomic E-state index is -0.379. The van der Waals surface area contributed by atoms with Crippen LogP contribution in [0, 0.1) is 0 Å². The van der Waals surface area contributed by atoms with E-state index in [2.05, 4.69) is 13.0 Å². The maximum atomic E-state index is 10.9. The molecule has 0 spiro atoms. The average molecular weight is 193 g/mol. The third-order valence-electron chi connectivity index (χ3n) is 1.81. The zero-order chi connectivity index (χ0) is 11.0. The molecule has 0 saturated heterocycles. The van der Waals surface area contributed by atoms with Crippen LogP contribution in [0.15, 0.2) is 35.5 Å². The lowest BCUT2D eigenvalue weighted by atomic mass is 10.1. The normalized spacial score (nSPS) is 13.6. The van der Waals surface area contributed by atoms with Crippen LogP contribution in [0.2, 0.25) is 0 Å². The third kappa shape index (κ3) is 5.36. The molecule has 0 rings (SSSR count). The predicted molar refractivity (Wildman–Crippen MR) is 60.8 cm³/mol. The zero-order valence-electron chi connectivity index (χ0n) is 9.21. The summed E-state index contributed by atoms with van der Waals surface area (Å²) in [6.45, 7) is 5.89. The largest absolute Gasteiger partial charge is 0.366 e. The van der Waals surface area contributed by atoms with E-state index in [-0.39, 0.29) is 5.91 Å². The Balaban J connectivity index is 4.42. The highest BCUT2D eigenvalue weighted by molar-refractivity contribution is 5.94. The fourth-order valence-corrected chi connectivity index (χ4v) is 1.03. The van der Waals surface area contributed by atoms with Gasteiger partial charge in [-0.2, -0.15) is 0 Å². The van der Waals surface area contributed by atoms with Crippen LogP contribution < -0.4 is 5.73 Å². The van der Waals surface area contributed by atoms with Gasteiger partial charge in [-0.25, -0.2) is 0 Å². The van der Waals surface area contributed by atoms with Crippen molar-refractivity contribution in [3.05, 3.63) is 35.5 Å². The van der Waals surface area contributed by atoms with E-state index in [4.69, 9.17) is 5.73 Å². The molecule has 2 heteroatoms. The second kappa shape index (κ2) is 7.13. The molecule has 0 radical (unpaired) electrons. The lowest BCUT2D eigenvalue weighted by Gasteiger charge is -1.96. The highest BCUT2D eigenvalue weighted by Crippen LogP contribution is 2.04. The highest BCUT2D eigenvalue weighted by atomic mass is 16.1. The molecule has 0 aliphatic rings. The summed E-state index contributed by atoms with van der Waals surface area (Å²) in [5, 5.41) is 0. The molecule has 0 bridgehead atoms. The van der Waals surface area contributed by atoms with E-state index >= 15 is 0 Å². The summed E-state index contributed by atoms with van der Waals surface area (Å²) >= 11 is 0. The summed E-state index contributed by atoms with van der Waals surface area (Å²) in [4.78, 5) is 10.9. The zero-order valence-corrected chi connectivity index (χ0v) is 9.21. The molecule has 0 aliphatic heterocycles. The average Bonchev–Trinajstić information content (AvgIpc) is 2.14. The first-order valence-corrected chi connectivity index (χ1v) is 4.92. The standard InChI is InChI=1S/C12H19NO/c1-4-6-7-8-10(3)9-11(5-2)12(13)14/h5,7-9H,4,6H2,1-3H3,(H2,13,14)/b8-7?,10-9-,11-5+. The van der Waals surface area contributed by atoms with Crippen molar-refractivity contribution in [1.82, 2.24) is 0 Å². The van der Waals surface area contributed by atoms with Crippen molar-refractivity contribution in [2.24, 2.45) is 5.73 Å². The summed E-state index contributed by atoms with van der Waals surface area (Å²) in [7, 11) is 0. The number of hydrogen-bond acceptors (Lipinski definition) is 1. The van der Waals surface area contributed by atoms with Crippen molar-refractivity contribution >= 4 is 5.91 Å². The lowest BCUT2D eigenvalue weighted by molar-refractivity contribution is -0.114. The number of primary amides is 1. The van der Waals surface area contributed by atoms with Gasteiger partial charge < -0.3 is 5.73 Å². The van der Waals surface area contributed by atoms with Crippen molar-refractivity contribution in [3.8, 4) is 0 Å². The Bertz CT molecular complexity index is 272. The number of carbonyl (C=O) groups is 1. The molecule has 2 N–H and O–H groups in total. The van der Waals surface area contributed by atoms with Gasteiger partial charge in [0, 0.05) is 5.57 Å². The van der Waals surface area contributed by atoms with Crippen LogP contribution in [-0.2, 0) is 4.79 Å². The fourth-order valence-electron chi connectivity index (χ4n) is 1.03. The second-order valence-electron chi connectivity index (χ2n) is 3.19. The summed E-state index contributed by atoms with van der Waals surface area (Å²) in [6.07, 6.45) is 9.83. The van der Waals surface area contributed by atoms with E-state index in [9.17, 15) is 4.79 Å². The third-order valence-corrected chi connectivity index (χ3v) is 1.81. The Kier molecular flexibility index (Phi) is 6.46. The summed E-state index contributed by atoms with van der Waals surface area (Å²) in [5.41, 5.74) is 6.78. The summed E-state index contributed by atoms with van der Waals surface area (Å²) in [6, 6.07) is 0. The smallest absolute Gasteiger partial charge is 0.248 e. The van der Waals surface area contributed by atoms with E-state index in [1.807, 2.05) is 13.0 Å². The van der Waals surface area contributed by atoms with Gasteiger partial charge >= 0.3 is 0 Å². The summed E-state index contributed by atoms with van der Waals surface area (Å²) < 4.78 is 0. The van der Waals surface area contributed by atoms with Crippen LogP contribution in [0.1, 0.15) is 33.6 Å². The van der Waals surface area contributed by atoms with Gasteiger partial charge in [-0.05, 0) is 26.3 Å². The predicted octanol–water partition coefficient (Wildman–Crippen LogP) is 2.72. The molecule has 78 valence electrons. The van der Waals surface area contributed by atoms with Crippen LogP contribution in [-0.4, -0.2) is 5.91 Å². The Morgan fingerprint density at radius 3 is 2.50 bits per heavy atom. The molecule has 0 aromatic carbocycles. The van der Waals surface area contributed by atoms with E-state index in [1.54, 1.807) is 19.1 Å². The van der Waals surface area contributed by atoms with E-state index in [0.29, 0.717) is 5.57 Å². The quantitative estimate of drug-likeness (QED) is 0.529. The Morgan fingerprint density at radius 2 is 2.07 bits per heavy atom. The molecule has 0 aromatic rings. The molecule has 2 nitrogen and oxygen atoms in total. The molecule has 0 aromatic heterocycles. The minimum absolute atomic E-state index is 0.379. The number of rotatable bonds is 5. The van der Waals surface area contributed by atoms with Crippen molar-refractivity contribution in [3.63, 3.8) is 0 Å². The maximum absolute atomic E-state index is 10.9. The Labute approximate surface area is 86.2 Å². The lowest BCUT2D eigenvalue weighted by Crippen LogP contribution is -2.12. The second-order valence-corrected chi connectivity index (χ2v) is 3.19. The van der Waals surface area contributed by atoms with Gasteiger partial charge in [-0.3, -0.25) is 4.79 Å². The number of allylic oxidation sites excluding steroid dienone is 4. The molecule has 0 aliphatic carbocycles. The van der Waals surface area contributed by atoms with Crippen LogP contribution in [0.5, 0.6) is 0 Å². The molecular formula is C12H19NO. The van der Waals surface area contributed by atoms with Crippen LogP contribution in [0.25, 0.3) is 0 Å². The maximum Gasteiger partial charge on any atom is 0.248 e. The van der Waals surface area contributed by atoms with Crippen LogP contribution in [0.3, 0.4) is 0 Å². The molecule has 0 unspecified atom stereocenters. The van der Waals surface area contributed by atoms with Crippen molar-refractivity contribution < 1.29 is 4.79 Å². The van der Waals surface area contributed by atoms with Crippen molar-refractivity contribution in [2.45, 2.75) is 33.6 Å². The van der Waals surface area contributed by atoms with Crippen LogP contribution >= 0.6 is 0 Å². The van der Waals surface area contributed by atoms with Crippen molar-refractivity contribution in [1.29, 1.82) is 0 Å². The number of nitrogens with two attached hydrogens (primary N) is 1. The first-order valence-electron chi connectivity index (χ1n) is 4.92. The Hall–Kier alpha value is -1.31. The van der Waals surface area contributed by atoms with Crippen molar-refractivity contribution in [2.75, 3.05) is 0 Å². The van der Waals surface area contributed by atoms with E-state index < -0.39 is 0 Å². The van der Waals surface area contributed by atoms with Gasteiger partial charge in [0.05, 0.1) is 0 Å². The SMILES string of the molecule is C/C=C(\C=C(\C)C=CCCC)C(N)=O. The Morgan fingerprint density at radius 1 is 1.43 bits per heavy atom. The molecule has 0 fully saturated rings. The molecule has 0 heterocycles. The fraction of sp³-hybridized carbons (Fsp3) is 0.417. The molecule has 0 atom stereocenters.